The van der Waals surface area contributed by atoms with E-state index in [1.54, 1.807) is 18.2 Å². The molecule has 0 saturated carbocycles. The van der Waals surface area contributed by atoms with Crippen LogP contribution in [0.3, 0.4) is 0 Å². The topological polar surface area (TPSA) is 26.3 Å². The lowest BCUT2D eigenvalue weighted by Crippen LogP contribution is -2.10. The van der Waals surface area contributed by atoms with Crippen molar-refractivity contribution in [2.24, 2.45) is 5.92 Å². The molecule has 0 spiro atoms. The highest BCUT2D eigenvalue weighted by atomic mass is 19.1. The minimum absolute atomic E-state index is 0.237. The van der Waals surface area contributed by atoms with Crippen LogP contribution in [0.25, 0.3) is 10.8 Å². The van der Waals surface area contributed by atoms with Crippen LogP contribution < -0.4 is 4.74 Å². The Morgan fingerprint density at radius 3 is 2.52 bits per heavy atom. The van der Waals surface area contributed by atoms with E-state index in [-0.39, 0.29) is 17.5 Å². The maximum absolute atomic E-state index is 13.7. The molecular formula is C20H23FO2. The van der Waals surface area contributed by atoms with Gasteiger partial charge >= 0.3 is 5.97 Å². The second-order valence-electron chi connectivity index (χ2n) is 5.48. The van der Waals surface area contributed by atoms with Gasteiger partial charge in [0.15, 0.2) is 0 Å². The van der Waals surface area contributed by atoms with E-state index in [1.807, 2.05) is 34.6 Å². The molecular weight excluding hydrogens is 291 g/mol. The van der Waals surface area contributed by atoms with Gasteiger partial charge in [0.25, 0.3) is 0 Å². The Kier molecular flexibility index (Phi) is 6.78. The van der Waals surface area contributed by atoms with Crippen LogP contribution in [0.15, 0.2) is 24.3 Å². The van der Waals surface area contributed by atoms with E-state index in [9.17, 15) is 9.18 Å². The van der Waals surface area contributed by atoms with Crippen molar-refractivity contribution < 1.29 is 13.9 Å². The Morgan fingerprint density at radius 2 is 1.96 bits per heavy atom. The Morgan fingerprint density at radius 1 is 1.30 bits per heavy atom. The largest absolute Gasteiger partial charge is 0.426 e. The maximum Gasteiger partial charge on any atom is 0.311 e. The SMILES string of the molecule is C#Cc1c(F)ccc2cc(OC(=O)CC(C)C)cc(C)c12.CC. The van der Waals surface area contributed by atoms with Gasteiger partial charge in [0.1, 0.15) is 11.6 Å². The number of benzene rings is 2. The monoisotopic (exact) mass is 314 g/mol. The first-order valence-corrected chi connectivity index (χ1v) is 7.82. The van der Waals surface area contributed by atoms with Crippen molar-refractivity contribution in [1.82, 2.24) is 0 Å². The lowest BCUT2D eigenvalue weighted by Gasteiger charge is -2.11. The molecule has 0 N–H and O–H groups in total. The molecule has 2 rings (SSSR count). The molecule has 0 aliphatic carbocycles. The molecule has 3 heteroatoms. The Balaban J connectivity index is 0.00000127. The molecule has 23 heavy (non-hydrogen) atoms. The van der Waals surface area contributed by atoms with Crippen LogP contribution in [0.5, 0.6) is 5.75 Å². The second-order valence-corrected chi connectivity index (χ2v) is 5.48. The summed E-state index contributed by atoms with van der Waals surface area (Å²) in [6, 6.07) is 6.39. The van der Waals surface area contributed by atoms with E-state index in [2.05, 4.69) is 5.92 Å². The molecule has 0 atom stereocenters. The predicted molar refractivity (Wildman–Crippen MR) is 93.0 cm³/mol. The summed E-state index contributed by atoms with van der Waals surface area (Å²) in [5, 5.41) is 1.44. The van der Waals surface area contributed by atoms with Gasteiger partial charge in [-0.15, -0.1) is 6.42 Å². The van der Waals surface area contributed by atoms with Crippen LogP contribution in [-0.4, -0.2) is 5.97 Å². The van der Waals surface area contributed by atoms with Gasteiger partial charge in [0.2, 0.25) is 0 Å². The molecule has 0 aromatic heterocycles. The number of carbonyl (C=O) groups excluding carboxylic acids is 1. The second kappa shape index (κ2) is 8.33. The number of ether oxygens (including phenoxy) is 1. The first kappa shape index (κ1) is 18.7. The molecule has 2 aromatic carbocycles. The van der Waals surface area contributed by atoms with Gasteiger partial charge in [0.05, 0.1) is 5.56 Å². The minimum atomic E-state index is -0.419. The van der Waals surface area contributed by atoms with Gasteiger partial charge in [-0.2, -0.15) is 0 Å². The third kappa shape index (κ3) is 4.56. The third-order valence-electron chi connectivity index (χ3n) is 3.19. The van der Waals surface area contributed by atoms with Crippen LogP contribution in [-0.2, 0) is 4.79 Å². The van der Waals surface area contributed by atoms with Gasteiger partial charge in [0, 0.05) is 11.8 Å². The lowest BCUT2D eigenvalue weighted by molar-refractivity contribution is -0.135. The number of aryl methyl sites for hydroxylation is 1. The molecule has 0 fully saturated rings. The number of esters is 1. The van der Waals surface area contributed by atoms with Crippen molar-refractivity contribution in [3.05, 3.63) is 41.2 Å². The van der Waals surface area contributed by atoms with Gasteiger partial charge in [-0.25, -0.2) is 4.39 Å². The Bertz CT molecular complexity index is 739. The molecule has 0 aliphatic heterocycles. The molecule has 0 unspecified atom stereocenters. The van der Waals surface area contributed by atoms with E-state index in [1.165, 1.54) is 6.07 Å². The molecule has 2 aromatic rings. The molecule has 0 bridgehead atoms. The van der Waals surface area contributed by atoms with E-state index in [0.717, 1.165) is 10.9 Å². The van der Waals surface area contributed by atoms with Crippen molar-refractivity contribution in [3.8, 4) is 18.1 Å². The van der Waals surface area contributed by atoms with Crippen LogP contribution in [0.2, 0.25) is 0 Å². The lowest BCUT2D eigenvalue weighted by atomic mass is 9.99. The van der Waals surface area contributed by atoms with Crippen LogP contribution >= 0.6 is 0 Å². The van der Waals surface area contributed by atoms with Crippen LogP contribution in [0.4, 0.5) is 4.39 Å². The average Bonchev–Trinajstić information content (AvgIpc) is 2.49. The maximum atomic E-state index is 13.7. The molecule has 0 radical (unpaired) electrons. The fourth-order valence-electron chi connectivity index (χ4n) is 2.33. The highest BCUT2D eigenvalue weighted by Gasteiger charge is 2.12. The summed E-state index contributed by atoms with van der Waals surface area (Å²) in [5.74, 6) is 2.38. The summed E-state index contributed by atoms with van der Waals surface area (Å²) in [7, 11) is 0. The molecule has 0 saturated heterocycles. The predicted octanol–water partition coefficient (Wildman–Crippen LogP) is 5.25. The normalized spacial score (nSPS) is 10.0. The number of halogens is 1. The highest BCUT2D eigenvalue weighted by molar-refractivity contribution is 5.92. The smallest absolute Gasteiger partial charge is 0.311 e. The van der Waals surface area contributed by atoms with E-state index in [0.29, 0.717) is 17.6 Å². The summed E-state index contributed by atoms with van der Waals surface area (Å²) in [4.78, 5) is 11.7. The average molecular weight is 314 g/mol. The fourth-order valence-corrected chi connectivity index (χ4v) is 2.33. The third-order valence-corrected chi connectivity index (χ3v) is 3.19. The summed E-state index contributed by atoms with van der Waals surface area (Å²) in [6.45, 7) is 9.73. The number of fused-ring (bicyclic) bond motifs is 1. The van der Waals surface area contributed by atoms with E-state index in [4.69, 9.17) is 11.2 Å². The van der Waals surface area contributed by atoms with Crippen molar-refractivity contribution >= 4 is 16.7 Å². The van der Waals surface area contributed by atoms with Crippen molar-refractivity contribution in [2.45, 2.75) is 41.0 Å². The van der Waals surface area contributed by atoms with Gasteiger partial charge in [-0.3, -0.25) is 4.79 Å². The van der Waals surface area contributed by atoms with Crippen molar-refractivity contribution in [2.75, 3.05) is 0 Å². The zero-order valence-corrected chi connectivity index (χ0v) is 14.4. The van der Waals surface area contributed by atoms with Crippen LogP contribution in [0, 0.1) is 31.0 Å². The first-order valence-electron chi connectivity index (χ1n) is 7.82. The zero-order chi connectivity index (χ0) is 17.6. The standard InChI is InChI=1S/C18H17FO2.C2H6/c1-5-15-16(19)7-6-13-10-14(9-12(4)18(13)15)21-17(20)8-11(2)3;1-2/h1,6-7,9-11H,8H2,2-4H3;1-2H3. The van der Waals surface area contributed by atoms with Crippen LogP contribution in [0.1, 0.15) is 45.2 Å². The zero-order valence-electron chi connectivity index (χ0n) is 14.4. The Hall–Kier alpha value is -2.34. The molecule has 0 heterocycles. The van der Waals surface area contributed by atoms with Gasteiger partial charge in [-0.1, -0.05) is 39.7 Å². The van der Waals surface area contributed by atoms with E-state index >= 15 is 0 Å². The summed E-state index contributed by atoms with van der Waals surface area (Å²) >= 11 is 0. The first-order chi connectivity index (χ1) is 10.9. The van der Waals surface area contributed by atoms with Crippen molar-refractivity contribution in [1.29, 1.82) is 0 Å². The minimum Gasteiger partial charge on any atom is -0.426 e. The summed E-state index contributed by atoms with van der Waals surface area (Å²) < 4.78 is 19.1. The molecule has 0 amide bonds. The highest BCUT2D eigenvalue weighted by Crippen LogP contribution is 2.29. The summed E-state index contributed by atoms with van der Waals surface area (Å²) in [5.41, 5.74) is 1.03. The molecule has 0 aliphatic rings. The fraction of sp³-hybridized carbons (Fsp3) is 0.350. The van der Waals surface area contributed by atoms with Crippen molar-refractivity contribution in [3.63, 3.8) is 0 Å². The molecule has 2 nitrogen and oxygen atoms in total. The molecule has 122 valence electrons. The quantitative estimate of drug-likeness (QED) is 0.439. The number of carbonyl (C=O) groups is 1. The number of terminal acetylenes is 1. The summed E-state index contributed by atoms with van der Waals surface area (Å²) in [6.07, 6.45) is 5.74. The van der Waals surface area contributed by atoms with Gasteiger partial charge < -0.3 is 4.74 Å². The van der Waals surface area contributed by atoms with Gasteiger partial charge in [-0.05, 0) is 42.0 Å². The number of hydrogen-bond acceptors (Lipinski definition) is 2. The number of rotatable bonds is 3. The van der Waals surface area contributed by atoms with E-state index < -0.39 is 5.82 Å². The Labute approximate surface area is 137 Å². The number of hydrogen-bond donors (Lipinski definition) is 0.